The summed E-state index contributed by atoms with van der Waals surface area (Å²) in [5.74, 6) is -0.322. The number of carbonyl (C=O) groups is 1. The van der Waals surface area contributed by atoms with E-state index in [1.807, 2.05) is 0 Å². The minimum Gasteiger partial charge on any atom is -0.493 e. The topological polar surface area (TPSA) is 44.8 Å². The van der Waals surface area contributed by atoms with Crippen LogP contribution in [-0.2, 0) is 9.53 Å². The number of carbonyl (C=O) groups excluding carboxylic acids is 1. The quantitative estimate of drug-likeness (QED) is 0.776. The molecule has 0 bridgehead atoms. The van der Waals surface area contributed by atoms with Gasteiger partial charge in [0.25, 0.3) is 0 Å². The summed E-state index contributed by atoms with van der Waals surface area (Å²) in [6.45, 7) is 1.70. The third-order valence-electron chi connectivity index (χ3n) is 2.27. The summed E-state index contributed by atoms with van der Waals surface area (Å²) in [6, 6.07) is 2.71. The largest absolute Gasteiger partial charge is 0.493 e. The second kappa shape index (κ2) is 6.44. The number of rotatable bonds is 5. The number of alkyl halides is 1. The molecule has 18 heavy (non-hydrogen) atoms. The zero-order chi connectivity index (χ0) is 13.7. The molecular formula is C12H14ClFO4. The average molecular weight is 277 g/mol. The standard InChI is InChI=1S/C12H14ClFO4/c1-4-18-12(15)11(14)7-5-9(16-2)10(17-3)6-8(7)13/h5-6,11H,4H2,1-3H3. The van der Waals surface area contributed by atoms with E-state index >= 15 is 0 Å². The molecule has 0 amide bonds. The van der Waals surface area contributed by atoms with Crippen LogP contribution in [0.4, 0.5) is 4.39 Å². The smallest absolute Gasteiger partial charge is 0.345 e. The van der Waals surface area contributed by atoms with Crippen LogP contribution in [0.25, 0.3) is 0 Å². The Labute approximate surface area is 110 Å². The fraction of sp³-hybridized carbons (Fsp3) is 0.417. The lowest BCUT2D eigenvalue weighted by atomic mass is 10.1. The van der Waals surface area contributed by atoms with Gasteiger partial charge in [0.15, 0.2) is 11.5 Å². The molecule has 0 saturated carbocycles. The number of methoxy groups -OCH3 is 2. The first-order valence-corrected chi connectivity index (χ1v) is 5.65. The number of hydrogen-bond donors (Lipinski definition) is 0. The molecule has 0 aliphatic rings. The van der Waals surface area contributed by atoms with Crippen molar-refractivity contribution in [1.82, 2.24) is 0 Å². The van der Waals surface area contributed by atoms with E-state index in [0.29, 0.717) is 11.5 Å². The number of esters is 1. The van der Waals surface area contributed by atoms with E-state index in [0.717, 1.165) is 0 Å². The Kier molecular flexibility index (Phi) is 5.22. The van der Waals surface area contributed by atoms with Gasteiger partial charge in [0.1, 0.15) is 0 Å². The molecule has 4 nitrogen and oxygen atoms in total. The summed E-state index contributed by atoms with van der Waals surface area (Å²) in [5.41, 5.74) is -0.00670. The Morgan fingerprint density at radius 1 is 1.33 bits per heavy atom. The Morgan fingerprint density at radius 3 is 2.39 bits per heavy atom. The Hall–Kier alpha value is -1.49. The van der Waals surface area contributed by atoms with Crippen molar-refractivity contribution in [1.29, 1.82) is 0 Å². The first-order chi connectivity index (χ1) is 8.54. The molecule has 0 saturated heterocycles. The van der Waals surface area contributed by atoms with Crippen LogP contribution in [0.2, 0.25) is 5.02 Å². The van der Waals surface area contributed by atoms with Crippen LogP contribution in [0.5, 0.6) is 11.5 Å². The first kappa shape index (κ1) is 14.6. The van der Waals surface area contributed by atoms with Crippen LogP contribution in [0, 0.1) is 0 Å². The van der Waals surface area contributed by atoms with Crippen molar-refractivity contribution in [2.75, 3.05) is 20.8 Å². The molecule has 1 aromatic carbocycles. The lowest BCUT2D eigenvalue weighted by Crippen LogP contribution is -2.12. The van der Waals surface area contributed by atoms with Crippen molar-refractivity contribution >= 4 is 17.6 Å². The van der Waals surface area contributed by atoms with Gasteiger partial charge in [-0.05, 0) is 13.0 Å². The number of halogens is 2. The van der Waals surface area contributed by atoms with E-state index in [2.05, 4.69) is 4.74 Å². The Morgan fingerprint density at radius 2 is 1.89 bits per heavy atom. The third-order valence-corrected chi connectivity index (χ3v) is 2.60. The second-order valence-corrected chi connectivity index (χ2v) is 3.75. The van der Waals surface area contributed by atoms with Gasteiger partial charge in [-0.2, -0.15) is 0 Å². The highest BCUT2D eigenvalue weighted by molar-refractivity contribution is 6.31. The van der Waals surface area contributed by atoms with Gasteiger partial charge >= 0.3 is 5.97 Å². The van der Waals surface area contributed by atoms with E-state index in [4.69, 9.17) is 21.1 Å². The molecule has 0 aromatic heterocycles. The van der Waals surface area contributed by atoms with Crippen molar-refractivity contribution in [2.24, 2.45) is 0 Å². The lowest BCUT2D eigenvalue weighted by Gasteiger charge is -2.13. The van der Waals surface area contributed by atoms with Crippen LogP contribution in [0.15, 0.2) is 12.1 Å². The molecule has 0 fully saturated rings. The predicted octanol–water partition coefficient (Wildman–Crippen LogP) is 2.93. The molecule has 100 valence electrons. The van der Waals surface area contributed by atoms with Gasteiger partial charge in [-0.15, -0.1) is 0 Å². The molecule has 1 unspecified atom stereocenters. The van der Waals surface area contributed by atoms with Gasteiger partial charge in [0.2, 0.25) is 6.17 Å². The molecule has 0 spiro atoms. The van der Waals surface area contributed by atoms with Gasteiger partial charge in [0, 0.05) is 11.6 Å². The van der Waals surface area contributed by atoms with E-state index in [9.17, 15) is 9.18 Å². The second-order valence-electron chi connectivity index (χ2n) is 3.34. The van der Waals surface area contributed by atoms with Crippen LogP contribution in [0.1, 0.15) is 18.7 Å². The number of hydrogen-bond acceptors (Lipinski definition) is 4. The summed E-state index contributed by atoms with van der Waals surface area (Å²) < 4.78 is 28.5. The van der Waals surface area contributed by atoms with Crippen molar-refractivity contribution in [3.05, 3.63) is 22.7 Å². The van der Waals surface area contributed by atoms with Crippen LogP contribution < -0.4 is 9.47 Å². The van der Waals surface area contributed by atoms with Crippen molar-refractivity contribution in [2.45, 2.75) is 13.1 Å². The van der Waals surface area contributed by atoms with Crippen molar-refractivity contribution in [3.8, 4) is 11.5 Å². The zero-order valence-electron chi connectivity index (χ0n) is 10.3. The molecule has 0 N–H and O–H groups in total. The molecular weight excluding hydrogens is 263 g/mol. The number of benzene rings is 1. The minimum atomic E-state index is -1.95. The van der Waals surface area contributed by atoms with Crippen molar-refractivity contribution < 1.29 is 23.4 Å². The van der Waals surface area contributed by atoms with Crippen LogP contribution in [0.3, 0.4) is 0 Å². The van der Waals surface area contributed by atoms with Gasteiger partial charge in [-0.25, -0.2) is 9.18 Å². The zero-order valence-corrected chi connectivity index (χ0v) is 11.1. The molecule has 0 radical (unpaired) electrons. The first-order valence-electron chi connectivity index (χ1n) is 5.27. The summed E-state index contributed by atoms with van der Waals surface area (Å²) in [4.78, 5) is 11.3. The average Bonchev–Trinajstić information content (AvgIpc) is 2.37. The van der Waals surface area contributed by atoms with Crippen LogP contribution in [-0.4, -0.2) is 26.8 Å². The van der Waals surface area contributed by atoms with Gasteiger partial charge in [-0.3, -0.25) is 0 Å². The highest BCUT2D eigenvalue weighted by Crippen LogP contribution is 2.37. The maximum Gasteiger partial charge on any atom is 0.345 e. The molecule has 0 aliphatic carbocycles. The highest BCUT2D eigenvalue weighted by atomic mass is 35.5. The minimum absolute atomic E-state index is 0.00670. The highest BCUT2D eigenvalue weighted by Gasteiger charge is 2.25. The van der Waals surface area contributed by atoms with Crippen LogP contribution >= 0.6 is 11.6 Å². The maximum absolute atomic E-state index is 13.9. The number of ether oxygens (including phenoxy) is 3. The molecule has 6 heteroatoms. The summed E-state index contributed by atoms with van der Waals surface area (Å²) in [5, 5.41) is 0.0770. The molecule has 1 aromatic rings. The summed E-state index contributed by atoms with van der Waals surface area (Å²) in [6.07, 6.45) is -1.95. The summed E-state index contributed by atoms with van der Waals surface area (Å²) in [7, 11) is 2.85. The summed E-state index contributed by atoms with van der Waals surface area (Å²) >= 11 is 5.89. The normalized spacial score (nSPS) is 11.8. The SMILES string of the molecule is CCOC(=O)C(F)c1cc(OC)c(OC)cc1Cl. The molecule has 0 aliphatic heterocycles. The van der Waals surface area contributed by atoms with E-state index in [1.54, 1.807) is 6.92 Å². The van der Waals surface area contributed by atoms with Gasteiger partial charge in [0.05, 0.1) is 25.8 Å². The third kappa shape index (κ3) is 3.04. The van der Waals surface area contributed by atoms with E-state index in [-0.39, 0.29) is 17.2 Å². The fourth-order valence-electron chi connectivity index (χ4n) is 1.41. The fourth-order valence-corrected chi connectivity index (χ4v) is 1.66. The Balaban J connectivity index is 3.12. The monoisotopic (exact) mass is 276 g/mol. The van der Waals surface area contributed by atoms with E-state index < -0.39 is 12.1 Å². The molecule has 1 atom stereocenters. The van der Waals surface area contributed by atoms with Crippen molar-refractivity contribution in [3.63, 3.8) is 0 Å². The maximum atomic E-state index is 13.9. The van der Waals surface area contributed by atoms with Gasteiger partial charge in [-0.1, -0.05) is 11.6 Å². The molecule has 1 rings (SSSR count). The predicted molar refractivity (Wildman–Crippen MR) is 65.0 cm³/mol. The van der Waals surface area contributed by atoms with Gasteiger partial charge < -0.3 is 14.2 Å². The lowest BCUT2D eigenvalue weighted by molar-refractivity contribution is -0.149. The Bertz CT molecular complexity index is 436. The molecule has 0 heterocycles. The van der Waals surface area contributed by atoms with E-state index in [1.165, 1.54) is 26.4 Å².